The van der Waals surface area contributed by atoms with E-state index in [9.17, 15) is 0 Å². The highest BCUT2D eigenvalue weighted by Crippen LogP contribution is 2.20. The van der Waals surface area contributed by atoms with Gasteiger partial charge >= 0.3 is 0 Å². The molecule has 0 bridgehead atoms. The minimum atomic E-state index is 0.734. The summed E-state index contributed by atoms with van der Waals surface area (Å²) in [4.78, 5) is 11.6. The second kappa shape index (κ2) is 4.94. The largest absolute Gasteiger partial charge is 0.330 e. The number of hydrogen-bond donors (Lipinski definition) is 2. The van der Waals surface area contributed by atoms with Gasteiger partial charge in [-0.1, -0.05) is 12.1 Å². The van der Waals surface area contributed by atoms with Gasteiger partial charge < -0.3 is 10.3 Å². The summed E-state index contributed by atoms with van der Waals surface area (Å²) in [6.07, 6.45) is 5.41. The van der Waals surface area contributed by atoms with Gasteiger partial charge in [0.05, 0.1) is 5.69 Å². The number of pyridine rings is 1. The lowest BCUT2D eigenvalue weighted by Crippen LogP contribution is -1.92. The fraction of sp³-hybridized carbons (Fsp3) is 0.0667. The average Bonchev–Trinajstić information content (AvgIpc) is 2.88. The number of nitrogens with zero attached hydrogens (tertiary/aromatic N) is 2. The van der Waals surface area contributed by atoms with Crippen molar-refractivity contribution in [2.75, 3.05) is 5.32 Å². The Labute approximate surface area is 111 Å². The van der Waals surface area contributed by atoms with Gasteiger partial charge in [-0.25, -0.2) is 4.98 Å². The molecule has 0 aliphatic heterocycles. The Hall–Kier alpha value is -2.62. The molecular weight excluding hydrogens is 236 g/mol. The monoisotopic (exact) mass is 250 g/mol. The molecule has 19 heavy (non-hydrogen) atoms. The molecule has 0 saturated carbocycles. The van der Waals surface area contributed by atoms with Gasteiger partial charge in [0.1, 0.15) is 0 Å². The topological polar surface area (TPSA) is 53.6 Å². The second-order valence-corrected chi connectivity index (χ2v) is 4.36. The van der Waals surface area contributed by atoms with Crippen LogP contribution in [0, 0.1) is 6.92 Å². The summed E-state index contributed by atoms with van der Waals surface area (Å²) in [6.45, 7) is 2.07. The van der Waals surface area contributed by atoms with E-state index in [4.69, 9.17) is 0 Å². The molecule has 0 unspecified atom stereocenters. The van der Waals surface area contributed by atoms with Gasteiger partial charge in [-0.05, 0) is 36.8 Å². The molecule has 0 saturated heterocycles. The van der Waals surface area contributed by atoms with Crippen LogP contribution in [-0.4, -0.2) is 15.0 Å². The number of hydrogen-bond acceptors (Lipinski definition) is 3. The molecule has 0 radical (unpaired) electrons. The van der Waals surface area contributed by atoms with Crippen molar-refractivity contribution in [2.24, 2.45) is 0 Å². The number of anilines is 2. The van der Waals surface area contributed by atoms with E-state index < -0.39 is 0 Å². The van der Waals surface area contributed by atoms with Gasteiger partial charge in [0.2, 0.25) is 5.95 Å². The number of imidazole rings is 1. The van der Waals surface area contributed by atoms with Gasteiger partial charge in [-0.15, -0.1) is 0 Å². The number of rotatable bonds is 3. The molecule has 2 N–H and O–H groups in total. The van der Waals surface area contributed by atoms with E-state index in [2.05, 4.69) is 39.3 Å². The van der Waals surface area contributed by atoms with Gasteiger partial charge in [0.25, 0.3) is 0 Å². The maximum atomic E-state index is 4.51. The molecule has 0 amide bonds. The Bertz CT molecular complexity index is 673. The highest BCUT2D eigenvalue weighted by atomic mass is 15.1. The van der Waals surface area contributed by atoms with Crippen LogP contribution in [-0.2, 0) is 0 Å². The summed E-state index contributed by atoms with van der Waals surface area (Å²) in [5.74, 6) is 0.734. The van der Waals surface area contributed by atoms with E-state index in [1.165, 1.54) is 5.56 Å². The standard InChI is InChI=1S/C15H14N4/c1-11-3-2-4-13(9-11)18-15-17-10-14(19-15)12-5-7-16-8-6-12/h2-10H,1H3,(H2,17,18,19). The quantitative estimate of drug-likeness (QED) is 0.747. The third-order valence-corrected chi connectivity index (χ3v) is 2.83. The van der Waals surface area contributed by atoms with Gasteiger partial charge in [0, 0.05) is 29.8 Å². The lowest BCUT2D eigenvalue weighted by Gasteiger charge is -2.03. The van der Waals surface area contributed by atoms with Gasteiger partial charge in [-0.3, -0.25) is 4.98 Å². The molecule has 1 aromatic carbocycles. The Balaban J connectivity index is 1.82. The Morgan fingerprint density at radius 3 is 2.74 bits per heavy atom. The van der Waals surface area contributed by atoms with Crippen molar-refractivity contribution in [3.05, 3.63) is 60.6 Å². The van der Waals surface area contributed by atoms with Crippen LogP contribution in [0.25, 0.3) is 11.3 Å². The Kier molecular flexibility index (Phi) is 2.98. The number of aryl methyl sites for hydroxylation is 1. The number of aromatic amines is 1. The molecule has 3 aromatic rings. The summed E-state index contributed by atoms with van der Waals surface area (Å²) in [7, 11) is 0. The molecule has 2 aromatic heterocycles. The van der Waals surface area contributed by atoms with Crippen LogP contribution in [0.2, 0.25) is 0 Å². The lowest BCUT2D eigenvalue weighted by atomic mass is 10.2. The fourth-order valence-electron chi connectivity index (χ4n) is 1.92. The summed E-state index contributed by atoms with van der Waals surface area (Å²) in [5.41, 5.74) is 4.18. The van der Waals surface area contributed by atoms with E-state index in [-0.39, 0.29) is 0 Å². The fourth-order valence-corrected chi connectivity index (χ4v) is 1.92. The molecule has 94 valence electrons. The predicted octanol–water partition coefficient (Wildman–Crippen LogP) is 3.52. The number of aromatic nitrogens is 3. The number of H-pyrrole nitrogens is 1. The van der Waals surface area contributed by atoms with Crippen LogP contribution in [0.3, 0.4) is 0 Å². The van der Waals surface area contributed by atoms with Crippen LogP contribution in [0.15, 0.2) is 55.0 Å². The number of benzene rings is 1. The molecule has 0 fully saturated rings. The maximum Gasteiger partial charge on any atom is 0.205 e. The molecule has 4 nitrogen and oxygen atoms in total. The Morgan fingerprint density at radius 2 is 1.95 bits per heavy atom. The molecule has 4 heteroatoms. The summed E-state index contributed by atoms with van der Waals surface area (Å²) < 4.78 is 0. The highest BCUT2D eigenvalue weighted by molar-refractivity contribution is 5.62. The van der Waals surface area contributed by atoms with E-state index in [0.29, 0.717) is 0 Å². The lowest BCUT2D eigenvalue weighted by molar-refractivity contribution is 1.28. The van der Waals surface area contributed by atoms with Crippen molar-refractivity contribution in [3.63, 3.8) is 0 Å². The van der Waals surface area contributed by atoms with Crippen molar-refractivity contribution in [3.8, 4) is 11.3 Å². The minimum absolute atomic E-state index is 0.734. The van der Waals surface area contributed by atoms with Gasteiger partial charge in [-0.2, -0.15) is 0 Å². The Morgan fingerprint density at radius 1 is 1.11 bits per heavy atom. The van der Waals surface area contributed by atoms with Crippen LogP contribution in [0.5, 0.6) is 0 Å². The molecular formula is C15H14N4. The predicted molar refractivity (Wildman–Crippen MR) is 76.3 cm³/mol. The third-order valence-electron chi connectivity index (χ3n) is 2.83. The second-order valence-electron chi connectivity index (χ2n) is 4.36. The van der Waals surface area contributed by atoms with Crippen molar-refractivity contribution >= 4 is 11.6 Å². The zero-order valence-electron chi connectivity index (χ0n) is 10.6. The first kappa shape index (κ1) is 11.5. The first-order chi connectivity index (χ1) is 9.31. The van der Waals surface area contributed by atoms with Gasteiger partial charge in [0.15, 0.2) is 0 Å². The van der Waals surface area contributed by atoms with Crippen LogP contribution < -0.4 is 5.32 Å². The smallest absolute Gasteiger partial charge is 0.205 e. The SMILES string of the molecule is Cc1cccc(Nc2nc(-c3ccncc3)c[nH]2)c1. The molecule has 0 aliphatic rings. The third kappa shape index (κ3) is 2.63. The van der Waals surface area contributed by atoms with E-state index in [1.807, 2.05) is 30.5 Å². The van der Waals surface area contributed by atoms with E-state index >= 15 is 0 Å². The summed E-state index contributed by atoms with van der Waals surface area (Å²) in [5, 5.41) is 3.25. The number of nitrogens with one attached hydrogen (secondary N) is 2. The van der Waals surface area contributed by atoms with Crippen molar-refractivity contribution in [1.29, 1.82) is 0 Å². The summed E-state index contributed by atoms with van der Waals surface area (Å²) >= 11 is 0. The van der Waals surface area contributed by atoms with E-state index in [1.54, 1.807) is 12.4 Å². The molecule has 3 rings (SSSR count). The first-order valence-corrected chi connectivity index (χ1v) is 6.11. The minimum Gasteiger partial charge on any atom is -0.330 e. The van der Waals surface area contributed by atoms with Crippen LogP contribution in [0.4, 0.5) is 11.6 Å². The highest BCUT2D eigenvalue weighted by Gasteiger charge is 2.03. The van der Waals surface area contributed by atoms with Crippen molar-refractivity contribution < 1.29 is 0 Å². The zero-order valence-corrected chi connectivity index (χ0v) is 10.6. The summed E-state index contributed by atoms with van der Waals surface area (Å²) in [6, 6.07) is 12.1. The average molecular weight is 250 g/mol. The van der Waals surface area contributed by atoms with Crippen molar-refractivity contribution in [2.45, 2.75) is 6.92 Å². The van der Waals surface area contributed by atoms with Crippen molar-refractivity contribution in [1.82, 2.24) is 15.0 Å². The molecule has 0 aliphatic carbocycles. The van der Waals surface area contributed by atoms with Crippen LogP contribution >= 0.6 is 0 Å². The van der Waals surface area contributed by atoms with Crippen LogP contribution in [0.1, 0.15) is 5.56 Å². The molecule has 2 heterocycles. The first-order valence-electron chi connectivity index (χ1n) is 6.11. The maximum absolute atomic E-state index is 4.51. The molecule has 0 spiro atoms. The zero-order chi connectivity index (χ0) is 13.1. The van der Waals surface area contributed by atoms with E-state index in [0.717, 1.165) is 22.9 Å². The normalized spacial score (nSPS) is 10.4. The molecule has 0 atom stereocenters.